The van der Waals surface area contributed by atoms with Gasteiger partial charge in [-0.1, -0.05) is 89.7 Å². The van der Waals surface area contributed by atoms with Crippen molar-refractivity contribution in [2.45, 2.75) is 97.3 Å². The summed E-state index contributed by atoms with van der Waals surface area (Å²) >= 11 is 6.55. The standard InChI is InChI=1S/C27H40ClNO/c1-3-5-7-9-11-13-15-23-21-26(28)27(29-22-23)24-16-18-25(19-17-24)30-20-14-12-10-8-6-4-2/h16-19,21-22H,3-15,20H2,1-2H3. The number of pyridine rings is 1. The summed E-state index contributed by atoms with van der Waals surface area (Å²) in [5.41, 5.74) is 3.13. The molecular formula is C27H40ClNO. The molecule has 166 valence electrons. The van der Waals surface area contributed by atoms with Crippen LogP contribution in [0.25, 0.3) is 11.3 Å². The maximum absolute atomic E-state index is 6.55. The molecule has 30 heavy (non-hydrogen) atoms. The normalized spacial score (nSPS) is 11.0. The molecule has 0 aliphatic rings. The van der Waals surface area contributed by atoms with Crippen molar-refractivity contribution < 1.29 is 4.74 Å². The molecule has 0 N–H and O–H groups in total. The molecule has 0 radical (unpaired) electrons. The molecule has 0 saturated heterocycles. The topological polar surface area (TPSA) is 22.1 Å². The van der Waals surface area contributed by atoms with E-state index in [9.17, 15) is 0 Å². The summed E-state index contributed by atoms with van der Waals surface area (Å²) in [6, 6.07) is 10.2. The molecule has 0 unspecified atom stereocenters. The van der Waals surface area contributed by atoms with Gasteiger partial charge in [-0.3, -0.25) is 4.98 Å². The molecule has 3 heteroatoms. The largest absolute Gasteiger partial charge is 0.494 e. The lowest BCUT2D eigenvalue weighted by Crippen LogP contribution is -1.97. The zero-order chi connectivity index (χ0) is 21.4. The summed E-state index contributed by atoms with van der Waals surface area (Å²) in [6.45, 7) is 5.30. The van der Waals surface area contributed by atoms with Gasteiger partial charge in [0.05, 0.1) is 17.3 Å². The number of hydrogen-bond acceptors (Lipinski definition) is 2. The summed E-state index contributed by atoms with van der Waals surface area (Å²) in [7, 11) is 0. The van der Waals surface area contributed by atoms with Crippen molar-refractivity contribution >= 4 is 11.6 Å². The third-order valence-electron chi connectivity index (χ3n) is 5.61. The lowest BCUT2D eigenvalue weighted by atomic mass is 10.0. The molecule has 2 rings (SSSR count). The Labute approximate surface area is 189 Å². The quantitative estimate of drug-likeness (QED) is 0.248. The second-order valence-corrected chi connectivity index (χ2v) is 8.74. The van der Waals surface area contributed by atoms with Gasteiger partial charge in [-0.15, -0.1) is 0 Å². The van der Waals surface area contributed by atoms with E-state index in [0.29, 0.717) is 0 Å². The fourth-order valence-electron chi connectivity index (χ4n) is 3.72. The van der Waals surface area contributed by atoms with Crippen LogP contribution in [0.5, 0.6) is 5.75 Å². The minimum atomic E-state index is 0.735. The molecule has 0 fully saturated rings. The van der Waals surface area contributed by atoms with Gasteiger partial charge >= 0.3 is 0 Å². The molecular weight excluding hydrogens is 390 g/mol. The number of unbranched alkanes of at least 4 members (excludes halogenated alkanes) is 10. The summed E-state index contributed by atoms with van der Waals surface area (Å²) in [4.78, 5) is 4.64. The molecule has 0 aliphatic carbocycles. The van der Waals surface area contributed by atoms with Crippen LogP contribution >= 0.6 is 11.6 Å². The van der Waals surface area contributed by atoms with Gasteiger partial charge in [0.25, 0.3) is 0 Å². The first kappa shape index (κ1) is 24.7. The smallest absolute Gasteiger partial charge is 0.119 e. The summed E-state index contributed by atoms with van der Waals surface area (Å²) in [5.74, 6) is 0.920. The average Bonchev–Trinajstić information content (AvgIpc) is 2.76. The van der Waals surface area contributed by atoms with E-state index >= 15 is 0 Å². The number of benzene rings is 1. The van der Waals surface area contributed by atoms with E-state index in [1.807, 2.05) is 18.3 Å². The van der Waals surface area contributed by atoms with Crippen LogP contribution in [0.3, 0.4) is 0 Å². The zero-order valence-corrected chi connectivity index (χ0v) is 19.9. The Kier molecular flexibility index (Phi) is 12.6. The number of hydrogen-bond donors (Lipinski definition) is 0. The van der Waals surface area contributed by atoms with Gasteiger partial charge in [0.15, 0.2) is 0 Å². The van der Waals surface area contributed by atoms with Gasteiger partial charge < -0.3 is 4.74 Å². The molecule has 2 aromatic rings. The Morgan fingerprint density at radius 3 is 2.00 bits per heavy atom. The van der Waals surface area contributed by atoms with Crippen molar-refractivity contribution in [3.8, 4) is 17.0 Å². The van der Waals surface area contributed by atoms with E-state index in [0.717, 1.165) is 41.5 Å². The fraction of sp³-hybridized carbons (Fsp3) is 0.593. The van der Waals surface area contributed by atoms with Gasteiger partial charge in [-0.25, -0.2) is 0 Å². The van der Waals surface area contributed by atoms with Crippen LogP contribution < -0.4 is 4.74 Å². The van der Waals surface area contributed by atoms with Crippen LogP contribution in [0.1, 0.15) is 96.5 Å². The van der Waals surface area contributed by atoms with Crippen LogP contribution in [-0.2, 0) is 6.42 Å². The SMILES string of the molecule is CCCCCCCCOc1ccc(-c2ncc(CCCCCCCC)cc2Cl)cc1. The number of rotatable bonds is 16. The molecule has 0 spiro atoms. The minimum absolute atomic E-state index is 0.735. The molecule has 0 amide bonds. The predicted molar refractivity (Wildman–Crippen MR) is 131 cm³/mol. The maximum atomic E-state index is 6.55. The minimum Gasteiger partial charge on any atom is -0.494 e. The van der Waals surface area contributed by atoms with Crippen LogP contribution in [0.4, 0.5) is 0 Å². The average molecular weight is 430 g/mol. The van der Waals surface area contributed by atoms with Gasteiger partial charge in [0.1, 0.15) is 5.75 Å². The number of aromatic nitrogens is 1. The summed E-state index contributed by atoms with van der Waals surface area (Å²) in [5, 5.41) is 0.735. The van der Waals surface area contributed by atoms with Crippen LogP contribution in [0, 0.1) is 0 Å². The summed E-state index contributed by atoms with van der Waals surface area (Å²) in [6.07, 6.45) is 18.6. The second kappa shape index (κ2) is 15.3. The first-order valence-corrected chi connectivity index (χ1v) is 12.5. The summed E-state index contributed by atoms with van der Waals surface area (Å²) < 4.78 is 5.88. The van der Waals surface area contributed by atoms with Crippen LogP contribution in [0.15, 0.2) is 36.5 Å². The molecule has 1 aromatic heterocycles. The van der Waals surface area contributed by atoms with E-state index in [1.54, 1.807) is 0 Å². The van der Waals surface area contributed by atoms with Crippen molar-refractivity contribution in [1.29, 1.82) is 0 Å². The van der Waals surface area contributed by atoms with Crippen molar-refractivity contribution in [2.75, 3.05) is 6.61 Å². The second-order valence-electron chi connectivity index (χ2n) is 8.33. The molecule has 0 bridgehead atoms. The highest BCUT2D eigenvalue weighted by molar-refractivity contribution is 6.33. The van der Waals surface area contributed by atoms with Crippen molar-refractivity contribution in [1.82, 2.24) is 4.98 Å². The lowest BCUT2D eigenvalue weighted by Gasteiger charge is -2.09. The third-order valence-corrected chi connectivity index (χ3v) is 5.90. The van der Waals surface area contributed by atoms with Gasteiger partial charge in [0.2, 0.25) is 0 Å². The monoisotopic (exact) mass is 429 g/mol. The molecule has 2 nitrogen and oxygen atoms in total. The van der Waals surface area contributed by atoms with E-state index < -0.39 is 0 Å². The Bertz CT molecular complexity index is 699. The van der Waals surface area contributed by atoms with Crippen LogP contribution in [0.2, 0.25) is 5.02 Å². The Morgan fingerprint density at radius 2 is 1.37 bits per heavy atom. The first-order valence-electron chi connectivity index (χ1n) is 12.1. The highest BCUT2D eigenvalue weighted by Crippen LogP contribution is 2.28. The molecule has 1 heterocycles. The maximum Gasteiger partial charge on any atom is 0.119 e. The first-order chi connectivity index (χ1) is 14.7. The van der Waals surface area contributed by atoms with E-state index in [-0.39, 0.29) is 0 Å². The highest BCUT2D eigenvalue weighted by atomic mass is 35.5. The van der Waals surface area contributed by atoms with Crippen molar-refractivity contribution in [3.05, 3.63) is 47.1 Å². The van der Waals surface area contributed by atoms with E-state index in [1.165, 1.54) is 76.2 Å². The third kappa shape index (κ3) is 9.51. The Morgan fingerprint density at radius 1 is 0.767 bits per heavy atom. The number of aryl methyl sites for hydroxylation is 1. The molecule has 0 atom stereocenters. The molecule has 0 aliphatic heterocycles. The van der Waals surface area contributed by atoms with E-state index in [2.05, 4.69) is 37.0 Å². The van der Waals surface area contributed by atoms with Gasteiger partial charge in [0, 0.05) is 11.8 Å². The molecule has 1 aromatic carbocycles. The lowest BCUT2D eigenvalue weighted by molar-refractivity contribution is 0.304. The fourth-order valence-corrected chi connectivity index (χ4v) is 4.02. The number of halogens is 1. The van der Waals surface area contributed by atoms with Crippen molar-refractivity contribution in [2.24, 2.45) is 0 Å². The zero-order valence-electron chi connectivity index (χ0n) is 19.1. The Balaban J connectivity index is 1.76. The van der Waals surface area contributed by atoms with Crippen LogP contribution in [-0.4, -0.2) is 11.6 Å². The number of ether oxygens (including phenoxy) is 1. The van der Waals surface area contributed by atoms with Gasteiger partial charge in [-0.05, 0) is 55.2 Å². The highest BCUT2D eigenvalue weighted by Gasteiger charge is 2.07. The Hall–Kier alpha value is -1.54. The van der Waals surface area contributed by atoms with Gasteiger partial charge in [-0.2, -0.15) is 0 Å². The van der Waals surface area contributed by atoms with E-state index in [4.69, 9.17) is 16.3 Å². The predicted octanol–water partition coefficient (Wildman–Crippen LogP) is 9.04. The van der Waals surface area contributed by atoms with Crippen molar-refractivity contribution in [3.63, 3.8) is 0 Å². The number of nitrogens with zero attached hydrogens (tertiary/aromatic N) is 1. The molecule has 0 saturated carbocycles.